The maximum absolute atomic E-state index is 12.2. The smallest absolute Gasteiger partial charge is 0.307 e. The SMILES string of the molecule is Cc1cc(S(=O)(=O)Nc2ccc(CC(=O)O)cc2)sc1C. The highest BCUT2D eigenvalue weighted by Gasteiger charge is 2.17. The summed E-state index contributed by atoms with van der Waals surface area (Å²) in [4.78, 5) is 11.6. The number of hydrogen-bond acceptors (Lipinski definition) is 4. The number of nitrogens with one attached hydrogen (secondary N) is 1. The molecule has 1 aromatic heterocycles. The lowest BCUT2D eigenvalue weighted by atomic mass is 10.1. The van der Waals surface area contributed by atoms with Gasteiger partial charge in [0, 0.05) is 10.6 Å². The van der Waals surface area contributed by atoms with Crippen LogP contribution in [0.2, 0.25) is 0 Å². The Bertz CT molecular complexity index is 741. The van der Waals surface area contributed by atoms with Crippen LogP contribution in [0.4, 0.5) is 5.69 Å². The minimum absolute atomic E-state index is 0.0870. The Morgan fingerprint density at radius 2 is 1.86 bits per heavy atom. The van der Waals surface area contributed by atoms with Gasteiger partial charge in [-0.05, 0) is 43.2 Å². The van der Waals surface area contributed by atoms with E-state index in [9.17, 15) is 13.2 Å². The highest BCUT2D eigenvalue weighted by molar-refractivity contribution is 7.94. The average molecular weight is 325 g/mol. The first kappa shape index (κ1) is 15.5. The summed E-state index contributed by atoms with van der Waals surface area (Å²) < 4.78 is 27.2. The number of carbonyl (C=O) groups is 1. The molecule has 0 radical (unpaired) electrons. The highest BCUT2D eigenvalue weighted by Crippen LogP contribution is 2.26. The number of hydrogen-bond donors (Lipinski definition) is 2. The molecule has 0 aliphatic heterocycles. The number of carboxylic acids is 1. The molecular weight excluding hydrogens is 310 g/mol. The number of rotatable bonds is 5. The summed E-state index contributed by atoms with van der Waals surface area (Å²) in [5.41, 5.74) is 1.97. The summed E-state index contributed by atoms with van der Waals surface area (Å²) in [7, 11) is -3.60. The zero-order chi connectivity index (χ0) is 15.6. The van der Waals surface area contributed by atoms with Gasteiger partial charge in [0.05, 0.1) is 6.42 Å². The van der Waals surface area contributed by atoms with Crippen LogP contribution in [0.5, 0.6) is 0 Å². The second-order valence-corrected chi connectivity index (χ2v) is 7.84. The molecule has 7 heteroatoms. The van der Waals surface area contributed by atoms with Crippen LogP contribution in [0.15, 0.2) is 34.5 Å². The predicted molar refractivity (Wildman–Crippen MR) is 82.4 cm³/mol. The van der Waals surface area contributed by atoms with Crippen molar-refractivity contribution in [1.82, 2.24) is 0 Å². The molecule has 2 rings (SSSR count). The molecular formula is C14H15NO4S2. The van der Waals surface area contributed by atoms with E-state index in [1.807, 2.05) is 13.8 Å². The molecule has 0 amide bonds. The summed E-state index contributed by atoms with van der Waals surface area (Å²) in [5, 5.41) is 8.69. The molecule has 1 aromatic carbocycles. The van der Waals surface area contributed by atoms with E-state index < -0.39 is 16.0 Å². The normalized spacial score (nSPS) is 11.3. The second kappa shape index (κ2) is 5.87. The molecule has 0 atom stereocenters. The number of aliphatic carboxylic acids is 1. The summed E-state index contributed by atoms with van der Waals surface area (Å²) in [6.07, 6.45) is -0.0870. The quantitative estimate of drug-likeness (QED) is 0.885. The van der Waals surface area contributed by atoms with E-state index in [0.29, 0.717) is 11.3 Å². The predicted octanol–water partition coefficient (Wildman–Crippen LogP) is 2.79. The number of sulfonamides is 1. The number of thiophene rings is 1. The van der Waals surface area contributed by atoms with Gasteiger partial charge in [-0.25, -0.2) is 8.42 Å². The van der Waals surface area contributed by atoms with Crippen LogP contribution < -0.4 is 4.72 Å². The van der Waals surface area contributed by atoms with Crippen LogP contribution in [-0.4, -0.2) is 19.5 Å². The first-order chi connectivity index (χ1) is 9.78. The Hall–Kier alpha value is -1.86. The van der Waals surface area contributed by atoms with Crippen molar-refractivity contribution in [3.63, 3.8) is 0 Å². The number of anilines is 1. The van der Waals surface area contributed by atoms with Crippen molar-refractivity contribution >= 4 is 33.0 Å². The minimum atomic E-state index is -3.60. The third kappa shape index (κ3) is 3.83. The van der Waals surface area contributed by atoms with E-state index in [0.717, 1.165) is 10.4 Å². The van der Waals surface area contributed by atoms with Gasteiger partial charge < -0.3 is 5.11 Å². The van der Waals surface area contributed by atoms with E-state index in [1.165, 1.54) is 11.3 Å². The van der Waals surface area contributed by atoms with Gasteiger partial charge in [-0.3, -0.25) is 9.52 Å². The van der Waals surface area contributed by atoms with Gasteiger partial charge in [0.2, 0.25) is 0 Å². The summed E-state index contributed by atoms with van der Waals surface area (Å²) in [5.74, 6) is -0.923. The first-order valence-electron chi connectivity index (χ1n) is 6.18. The number of aryl methyl sites for hydroxylation is 2. The molecule has 0 unspecified atom stereocenters. The molecule has 5 nitrogen and oxygen atoms in total. The Balaban J connectivity index is 2.18. The van der Waals surface area contributed by atoms with Gasteiger partial charge in [0.25, 0.3) is 10.0 Å². The highest BCUT2D eigenvalue weighted by atomic mass is 32.2. The maximum Gasteiger partial charge on any atom is 0.307 e. The molecule has 0 spiro atoms. The van der Waals surface area contributed by atoms with Gasteiger partial charge in [-0.2, -0.15) is 0 Å². The average Bonchev–Trinajstić information content (AvgIpc) is 2.72. The monoisotopic (exact) mass is 325 g/mol. The van der Waals surface area contributed by atoms with E-state index in [4.69, 9.17) is 5.11 Å². The summed E-state index contributed by atoms with van der Waals surface area (Å²) >= 11 is 1.22. The zero-order valence-corrected chi connectivity index (χ0v) is 13.2. The van der Waals surface area contributed by atoms with Crippen molar-refractivity contribution in [2.75, 3.05) is 4.72 Å². The molecule has 0 fully saturated rings. The van der Waals surface area contributed by atoms with Gasteiger partial charge in [0.1, 0.15) is 4.21 Å². The van der Waals surface area contributed by atoms with Gasteiger partial charge in [-0.1, -0.05) is 12.1 Å². The van der Waals surface area contributed by atoms with E-state index in [2.05, 4.69) is 4.72 Å². The Morgan fingerprint density at radius 3 is 2.33 bits per heavy atom. The Kier molecular flexibility index (Phi) is 4.34. The number of carboxylic acid groups (broad SMARTS) is 1. The van der Waals surface area contributed by atoms with E-state index in [1.54, 1.807) is 30.3 Å². The molecule has 0 aliphatic rings. The van der Waals surface area contributed by atoms with Gasteiger partial charge >= 0.3 is 5.97 Å². The lowest BCUT2D eigenvalue weighted by molar-refractivity contribution is -0.136. The van der Waals surface area contributed by atoms with Crippen molar-refractivity contribution in [2.24, 2.45) is 0 Å². The van der Waals surface area contributed by atoms with Gasteiger partial charge in [-0.15, -0.1) is 11.3 Å². The molecule has 0 saturated heterocycles. The van der Waals surface area contributed by atoms with Crippen LogP contribution in [0.3, 0.4) is 0 Å². The fraction of sp³-hybridized carbons (Fsp3) is 0.214. The fourth-order valence-electron chi connectivity index (χ4n) is 1.74. The molecule has 0 saturated carbocycles. The van der Waals surface area contributed by atoms with Crippen LogP contribution in [0.25, 0.3) is 0 Å². The zero-order valence-electron chi connectivity index (χ0n) is 11.6. The second-order valence-electron chi connectivity index (χ2n) is 4.68. The standard InChI is InChI=1S/C14H15NO4S2/c1-9-7-14(20-10(9)2)21(18,19)15-12-5-3-11(4-6-12)8-13(16)17/h3-7,15H,8H2,1-2H3,(H,16,17). The van der Waals surface area contributed by atoms with Crippen LogP contribution in [0, 0.1) is 13.8 Å². The largest absolute Gasteiger partial charge is 0.481 e. The Labute approximate surface area is 127 Å². The van der Waals surface area contributed by atoms with Crippen molar-refractivity contribution in [3.8, 4) is 0 Å². The molecule has 21 heavy (non-hydrogen) atoms. The van der Waals surface area contributed by atoms with Crippen LogP contribution in [0.1, 0.15) is 16.0 Å². The topological polar surface area (TPSA) is 83.5 Å². The third-order valence-electron chi connectivity index (χ3n) is 2.97. The number of benzene rings is 1. The van der Waals surface area contributed by atoms with Crippen molar-refractivity contribution < 1.29 is 18.3 Å². The van der Waals surface area contributed by atoms with Crippen molar-refractivity contribution in [2.45, 2.75) is 24.5 Å². The van der Waals surface area contributed by atoms with Crippen molar-refractivity contribution in [3.05, 3.63) is 46.3 Å². The van der Waals surface area contributed by atoms with Crippen LogP contribution in [-0.2, 0) is 21.2 Å². The van der Waals surface area contributed by atoms with Crippen molar-refractivity contribution in [1.29, 1.82) is 0 Å². The Morgan fingerprint density at radius 1 is 1.24 bits per heavy atom. The molecule has 1 heterocycles. The lowest BCUT2D eigenvalue weighted by Crippen LogP contribution is -2.11. The lowest BCUT2D eigenvalue weighted by Gasteiger charge is -2.06. The van der Waals surface area contributed by atoms with E-state index >= 15 is 0 Å². The van der Waals surface area contributed by atoms with E-state index in [-0.39, 0.29) is 10.6 Å². The molecule has 2 aromatic rings. The fourth-order valence-corrected chi connectivity index (χ4v) is 4.32. The van der Waals surface area contributed by atoms with Gasteiger partial charge in [0.15, 0.2) is 0 Å². The summed E-state index contributed by atoms with van der Waals surface area (Å²) in [6.45, 7) is 3.74. The molecule has 2 N–H and O–H groups in total. The van der Waals surface area contributed by atoms with Crippen LogP contribution >= 0.6 is 11.3 Å². The third-order valence-corrected chi connectivity index (χ3v) is 5.98. The molecule has 0 bridgehead atoms. The molecule has 112 valence electrons. The minimum Gasteiger partial charge on any atom is -0.481 e. The maximum atomic E-state index is 12.2. The first-order valence-corrected chi connectivity index (χ1v) is 8.48. The summed E-state index contributed by atoms with van der Waals surface area (Å²) in [6, 6.07) is 7.95. The molecule has 0 aliphatic carbocycles.